The van der Waals surface area contributed by atoms with Gasteiger partial charge in [0.1, 0.15) is 5.60 Å². The lowest BCUT2D eigenvalue weighted by Crippen LogP contribution is -2.60. The maximum absolute atomic E-state index is 8.88. The van der Waals surface area contributed by atoms with Crippen molar-refractivity contribution in [3.05, 3.63) is 0 Å². The standard InChI is InChI=1S/C10H18O2/c1-9(2)7-4-5-10(3,12-11)8(9)6-7/h7-8,11H,4-6H2,1-3H3. The third-order valence-corrected chi connectivity index (χ3v) is 4.41. The highest BCUT2D eigenvalue weighted by Gasteiger charge is 2.60. The van der Waals surface area contributed by atoms with Crippen LogP contribution in [0.3, 0.4) is 0 Å². The Hall–Kier alpha value is -0.0800. The number of hydrogen-bond acceptors (Lipinski definition) is 2. The highest BCUT2D eigenvalue weighted by molar-refractivity contribution is 5.09. The van der Waals surface area contributed by atoms with E-state index in [9.17, 15) is 0 Å². The zero-order valence-electron chi connectivity index (χ0n) is 8.13. The predicted molar refractivity (Wildman–Crippen MR) is 46.7 cm³/mol. The average Bonchev–Trinajstić information content (AvgIpc) is 2.04. The van der Waals surface area contributed by atoms with Gasteiger partial charge < -0.3 is 0 Å². The van der Waals surface area contributed by atoms with Gasteiger partial charge in [-0.2, -0.15) is 0 Å². The van der Waals surface area contributed by atoms with Crippen LogP contribution < -0.4 is 0 Å². The summed E-state index contributed by atoms with van der Waals surface area (Å²) in [5.74, 6) is 1.42. The molecule has 0 heterocycles. The van der Waals surface area contributed by atoms with Gasteiger partial charge in [-0.3, -0.25) is 5.26 Å². The van der Waals surface area contributed by atoms with E-state index in [-0.39, 0.29) is 5.60 Å². The van der Waals surface area contributed by atoms with Crippen LogP contribution in [0.2, 0.25) is 0 Å². The van der Waals surface area contributed by atoms with E-state index in [1.54, 1.807) is 0 Å². The summed E-state index contributed by atoms with van der Waals surface area (Å²) < 4.78 is 0. The van der Waals surface area contributed by atoms with Gasteiger partial charge in [0.05, 0.1) is 0 Å². The lowest BCUT2D eigenvalue weighted by Gasteiger charge is -2.62. The van der Waals surface area contributed by atoms with Gasteiger partial charge in [0.15, 0.2) is 0 Å². The molecule has 2 nitrogen and oxygen atoms in total. The molecule has 0 aliphatic heterocycles. The van der Waals surface area contributed by atoms with Gasteiger partial charge in [-0.15, -0.1) is 0 Å². The Morgan fingerprint density at radius 3 is 2.33 bits per heavy atom. The Labute approximate surface area is 73.8 Å². The summed E-state index contributed by atoms with van der Waals surface area (Å²) in [5, 5.41) is 8.88. The van der Waals surface area contributed by atoms with Crippen LogP contribution >= 0.6 is 0 Å². The van der Waals surface area contributed by atoms with Crippen molar-refractivity contribution >= 4 is 0 Å². The van der Waals surface area contributed by atoms with Crippen LogP contribution in [-0.2, 0) is 4.89 Å². The molecule has 0 aromatic rings. The first kappa shape index (κ1) is 8.52. The van der Waals surface area contributed by atoms with Gasteiger partial charge in [-0.25, -0.2) is 4.89 Å². The minimum absolute atomic E-state index is 0.266. The molecule has 2 bridgehead atoms. The van der Waals surface area contributed by atoms with E-state index in [1.165, 1.54) is 12.8 Å². The minimum atomic E-state index is -0.266. The summed E-state index contributed by atoms with van der Waals surface area (Å²) in [6, 6.07) is 0. The number of rotatable bonds is 1. The Morgan fingerprint density at radius 1 is 1.33 bits per heavy atom. The van der Waals surface area contributed by atoms with Crippen LogP contribution in [0.4, 0.5) is 0 Å². The van der Waals surface area contributed by atoms with Gasteiger partial charge in [-0.05, 0) is 43.4 Å². The maximum atomic E-state index is 8.88. The van der Waals surface area contributed by atoms with E-state index in [1.807, 2.05) is 6.92 Å². The molecule has 2 heteroatoms. The van der Waals surface area contributed by atoms with Crippen LogP contribution in [0.15, 0.2) is 0 Å². The number of hydrogen-bond donors (Lipinski definition) is 1. The van der Waals surface area contributed by atoms with E-state index in [0.717, 1.165) is 12.3 Å². The summed E-state index contributed by atoms with van der Waals surface area (Å²) in [6.07, 6.45) is 3.47. The zero-order valence-corrected chi connectivity index (χ0v) is 8.13. The van der Waals surface area contributed by atoms with Crippen LogP contribution in [0.5, 0.6) is 0 Å². The first-order valence-electron chi connectivity index (χ1n) is 4.83. The van der Waals surface area contributed by atoms with Crippen LogP contribution in [-0.4, -0.2) is 10.9 Å². The lowest BCUT2D eigenvalue weighted by molar-refractivity contribution is -0.371. The second-order valence-electron chi connectivity index (χ2n) is 5.25. The Bertz CT molecular complexity index is 198. The summed E-state index contributed by atoms with van der Waals surface area (Å²) in [5.41, 5.74) is 0.119. The van der Waals surface area contributed by atoms with Crippen LogP contribution in [0.1, 0.15) is 40.0 Å². The molecule has 0 radical (unpaired) electrons. The van der Waals surface area contributed by atoms with E-state index >= 15 is 0 Å². The monoisotopic (exact) mass is 170 g/mol. The van der Waals surface area contributed by atoms with Crippen molar-refractivity contribution in [2.75, 3.05) is 0 Å². The van der Waals surface area contributed by atoms with E-state index in [4.69, 9.17) is 5.26 Å². The van der Waals surface area contributed by atoms with Crippen molar-refractivity contribution in [1.29, 1.82) is 0 Å². The molecule has 0 amide bonds. The van der Waals surface area contributed by atoms with E-state index < -0.39 is 0 Å². The first-order chi connectivity index (χ1) is 5.50. The van der Waals surface area contributed by atoms with Gasteiger partial charge in [0, 0.05) is 0 Å². The molecule has 3 rings (SSSR count). The molecule has 3 unspecified atom stereocenters. The summed E-state index contributed by atoms with van der Waals surface area (Å²) in [7, 11) is 0. The smallest absolute Gasteiger partial charge is 0.104 e. The topological polar surface area (TPSA) is 29.5 Å². The Morgan fingerprint density at radius 2 is 2.00 bits per heavy atom. The summed E-state index contributed by atoms with van der Waals surface area (Å²) in [6.45, 7) is 6.62. The van der Waals surface area contributed by atoms with Gasteiger partial charge in [-0.1, -0.05) is 13.8 Å². The molecule has 1 N–H and O–H groups in total. The minimum Gasteiger partial charge on any atom is -0.251 e. The molecule has 0 spiro atoms. The van der Waals surface area contributed by atoms with Crippen molar-refractivity contribution in [3.63, 3.8) is 0 Å². The molecular weight excluding hydrogens is 152 g/mol. The molecule has 70 valence electrons. The third-order valence-electron chi connectivity index (χ3n) is 4.41. The average molecular weight is 170 g/mol. The highest BCUT2D eigenvalue weighted by Crippen LogP contribution is 2.63. The first-order valence-corrected chi connectivity index (χ1v) is 4.83. The second-order valence-corrected chi connectivity index (χ2v) is 5.25. The fourth-order valence-corrected chi connectivity index (χ4v) is 3.29. The fourth-order valence-electron chi connectivity index (χ4n) is 3.29. The zero-order chi connectivity index (χ0) is 8.98. The molecule has 3 aliphatic rings. The fraction of sp³-hybridized carbons (Fsp3) is 1.00. The molecule has 12 heavy (non-hydrogen) atoms. The van der Waals surface area contributed by atoms with Crippen molar-refractivity contribution < 1.29 is 10.1 Å². The van der Waals surface area contributed by atoms with Gasteiger partial charge in [0.25, 0.3) is 0 Å². The number of fused-ring (bicyclic) bond motifs is 2. The molecule has 0 aromatic heterocycles. The second kappa shape index (κ2) is 2.24. The third kappa shape index (κ3) is 0.826. The van der Waals surface area contributed by atoms with Crippen LogP contribution in [0, 0.1) is 17.3 Å². The molecule has 3 fully saturated rings. The maximum Gasteiger partial charge on any atom is 0.104 e. The Kier molecular flexibility index (Phi) is 1.59. The molecular formula is C10H18O2. The van der Waals surface area contributed by atoms with Crippen molar-refractivity contribution in [3.8, 4) is 0 Å². The van der Waals surface area contributed by atoms with Crippen molar-refractivity contribution in [1.82, 2.24) is 0 Å². The summed E-state index contributed by atoms with van der Waals surface area (Å²) in [4.78, 5) is 4.66. The van der Waals surface area contributed by atoms with Crippen molar-refractivity contribution in [2.24, 2.45) is 17.3 Å². The molecule has 0 aromatic carbocycles. The summed E-state index contributed by atoms with van der Waals surface area (Å²) >= 11 is 0. The predicted octanol–water partition coefficient (Wildman–Crippen LogP) is 2.69. The van der Waals surface area contributed by atoms with Crippen molar-refractivity contribution in [2.45, 2.75) is 45.6 Å². The highest BCUT2D eigenvalue weighted by atomic mass is 17.1. The van der Waals surface area contributed by atoms with Gasteiger partial charge >= 0.3 is 0 Å². The van der Waals surface area contributed by atoms with Gasteiger partial charge in [0.2, 0.25) is 0 Å². The van der Waals surface area contributed by atoms with E-state index in [2.05, 4.69) is 18.7 Å². The molecule has 3 saturated carbocycles. The SMILES string of the molecule is CC1(OO)CCC2CC1C2(C)C. The quantitative estimate of drug-likeness (QED) is 0.484. The lowest BCUT2D eigenvalue weighted by atomic mass is 9.44. The van der Waals surface area contributed by atoms with E-state index in [0.29, 0.717) is 11.3 Å². The molecule has 3 atom stereocenters. The van der Waals surface area contributed by atoms with Crippen LogP contribution in [0.25, 0.3) is 0 Å². The molecule has 0 saturated heterocycles. The molecule has 3 aliphatic carbocycles. The Balaban J connectivity index is 2.21. The normalized spacial score (nSPS) is 50.0. The largest absolute Gasteiger partial charge is 0.251 e.